The van der Waals surface area contributed by atoms with Gasteiger partial charge in [-0.05, 0) is 36.5 Å². The van der Waals surface area contributed by atoms with Gasteiger partial charge in [-0.3, -0.25) is 20.0 Å². The number of thiocarbonyl (C=S) groups is 1. The number of fused-ring (bicyclic) bond motifs is 1. The van der Waals surface area contributed by atoms with Gasteiger partial charge in [0.05, 0.1) is 4.91 Å². The van der Waals surface area contributed by atoms with E-state index < -0.39 is 5.91 Å². The molecule has 1 saturated heterocycles. The first kappa shape index (κ1) is 17.4. The van der Waals surface area contributed by atoms with Crippen LogP contribution in [0.3, 0.4) is 0 Å². The summed E-state index contributed by atoms with van der Waals surface area (Å²) in [6, 6.07) is 11.1. The van der Waals surface area contributed by atoms with Crippen molar-refractivity contribution >= 4 is 57.1 Å². The molecule has 27 heavy (non-hydrogen) atoms. The molecule has 0 radical (unpaired) electrons. The molecule has 2 amide bonds. The smallest absolute Gasteiger partial charge is 0.285 e. The molecule has 6 nitrogen and oxygen atoms in total. The standard InChI is InChI=1S/C19H14N4O2S2/c1-22-11-13(14-4-2-3-5-15(14)22)10-16-18(25)23(19(26)27-16)21-17(24)12-6-8-20-9-7-12/h2-11H,1H3,(H,21,24). The molecule has 1 aromatic carbocycles. The van der Waals surface area contributed by atoms with Crippen molar-refractivity contribution in [1.29, 1.82) is 0 Å². The Kier molecular flexibility index (Phi) is 4.51. The third-order valence-electron chi connectivity index (χ3n) is 4.16. The molecule has 1 N–H and O–H groups in total. The van der Waals surface area contributed by atoms with E-state index in [1.807, 2.05) is 42.1 Å². The monoisotopic (exact) mass is 394 g/mol. The number of nitrogens with zero attached hydrogens (tertiary/aromatic N) is 3. The number of hydrazine groups is 1. The predicted octanol–water partition coefficient (Wildman–Crippen LogP) is 3.12. The van der Waals surface area contributed by atoms with Crippen molar-refractivity contribution in [3.8, 4) is 0 Å². The van der Waals surface area contributed by atoms with E-state index in [4.69, 9.17) is 12.2 Å². The highest BCUT2D eigenvalue weighted by molar-refractivity contribution is 8.26. The Labute approximate surface area is 164 Å². The van der Waals surface area contributed by atoms with Crippen molar-refractivity contribution in [2.24, 2.45) is 7.05 Å². The normalized spacial score (nSPS) is 15.7. The zero-order chi connectivity index (χ0) is 19.0. The summed E-state index contributed by atoms with van der Waals surface area (Å²) >= 11 is 6.44. The number of thioether (sulfide) groups is 1. The summed E-state index contributed by atoms with van der Waals surface area (Å²) in [4.78, 5) is 29.4. The van der Waals surface area contributed by atoms with Crippen LogP contribution >= 0.6 is 24.0 Å². The fourth-order valence-corrected chi connectivity index (χ4v) is 4.03. The minimum atomic E-state index is -0.417. The van der Waals surface area contributed by atoms with Gasteiger partial charge in [0.15, 0.2) is 4.32 Å². The molecule has 1 fully saturated rings. The number of rotatable bonds is 3. The van der Waals surface area contributed by atoms with Gasteiger partial charge >= 0.3 is 0 Å². The largest absolute Gasteiger partial charge is 0.350 e. The first-order chi connectivity index (χ1) is 13.0. The van der Waals surface area contributed by atoms with Crippen molar-refractivity contribution in [2.75, 3.05) is 0 Å². The summed E-state index contributed by atoms with van der Waals surface area (Å²) < 4.78 is 2.29. The Bertz CT molecular complexity index is 1110. The maximum Gasteiger partial charge on any atom is 0.285 e. The van der Waals surface area contributed by atoms with Gasteiger partial charge in [-0.2, -0.15) is 5.01 Å². The van der Waals surface area contributed by atoms with Crippen LogP contribution in [0.25, 0.3) is 17.0 Å². The van der Waals surface area contributed by atoms with Crippen LogP contribution in [0.15, 0.2) is 59.9 Å². The molecule has 0 unspecified atom stereocenters. The molecule has 0 aliphatic carbocycles. The van der Waals surface area contributed by atoms with Crippen molar-refractivity contribution in [2.45, 2.75) is 0 Å². The molecular formula is C19H14N4O2S2. The van der Waals surface area contributed by atoms with E-state index in [0.29, 0.717) is 10.5 Å². The van der Waals surface area contributed by atoms with Crippen LogP contribution in [0.1, 0.15) is 15.9 Å². The average molecular weight is 394 g/mol. The number of pyridine rings is 1. The first-order valence-corrected chi connectivity index (χ1v) is 9.30. The minimum absolute atomic E-state index is 0.286. The van der Waals surface area contributed by atoms with Crippen molar-refractivity contribution in [3.05, 3.63) is 71.0 Å². The van der Waals surface area contributed by atoms with Gasteiger partial charge < -0.3 is 4.57 Å². The molecule has 0 spiro atoms. The Balaban J connectivity index is 1.61. The molecule has 4 rings (SSSR count). The van der Waals surface area contributed by atoms with Gasteiger partial charge in [0.2, 0.25) is 0 Å². The zero-order valence-corrected chi connectivity index (χ0v) is 15.9. The summed E-state index contributed by atoms with van der Waals surface area (Å²) in [7, 11) is 1.96. The number of carbonyl (C=O) groups excluding carboxylic acids is 2. The highest BCUT2D eigenvalue weighted by Crippen LogP contribution is 2.33. The third-order valence-corrected chi connectivity index (χ3v) is 5.47. The van der Waals surface area contributed by atoms with E-state index >= 15 is 0 Å². The van der Waals surface area contributed by atoms with Gasteiger partial charge in [0.1, 0.15) is 0 Å². The molecular weight excluding hydrogens is 380 g/mol. The van der Waals surface area contributed by atoms with Crippen LogP contribution in [0.4, 0.5) is 0 Å². The highest BCUT2D eigenvalue weighted by atomic mass is 32.2. The number of aryl methyl sites for hydroxylation is 1. The van der Waals surface area contributed by atoms with Gasteiger partial charge in [0, 0.05) is 47.7 Å². The number of hydrogen-bond acceptors (Lipinski definition) is 5. The maximum absolute atomic E-state index is 12.7. The highest BCUT2D eigenvalue weighted by Gasteiger charge is 2.34. The number of carbonyl (C=O) groups is 2. The van der Waals surface area contributed by atoms with E-state index in [9.17, 15) is 9.59 Å². The molecule has 1 aliphatic rings. The fourth-order valence-electron chi connectivity index (χ4n) is 2.86. The Morgan fingerprint density at radius 3 is 2.74 bits per heavy atom. The van der Waals surface area contributed by atoms with E-state index in [0.717, 1.165) is 33.2 Å². The molecule has 0 saturated carbocycles. The predicted molar refractivity (Wildman–Crippen MR) is 110 cm³/mol. The topological polar surface area (TPSA) is 67.2 Å². The van der Waals surface area contributed by atoms with E-state index in [1.54, 1.807) is 18.2 Å². The van der Waals surface area contributed by atoms with Crippen molar-refractivity contribution in [1.82, 2.24) is 20.0 Å². The fraction of sp³-hybridized carbons (Fsp3) is 0.0526. The van der Waals surface area contributed by atoms with E-state index in [1.165, 1.54) is 12.4 Å². The molecule has 1 aliphatic heterocycles. The number of para-hydroxylation sites is 1. The summed E-state index contributed by atoms with van der Waals surface area (Å²) in [5.41, 5.74) is 4.96. The Hall–Kier alpha value is -2.97. The number of hydrogen-bond donors (Lipinski definition) is 1. The van der Waals surface area contributed by atoms with Gasteiger partial charge in [-0.15, -0.1) is 0 Å². The van der Waals surface area contributed by atoms with Gasteiger partial charge in [0.25, 0.3) is 11.8 Å². The van der Waals surface area contributed by atoms with Crippen LogP contribution in [0, 0.1) is 0 Å². The minimum Gasteiger partial charge on any atom is -0.350 e. The number of benzene rings is 1. The molecule has 134 valence electrons. The van der Waals surface area contributed by atoms with E-state index in [-0.39, 0.29) is 10.2 Å². The second kappa shape index (κ2) is 6.98. The van der Waals surface area contributed by atoms with Crippen LogP contribution in [0.5, 0.6) is 0 Å². The summed E-state index contributed by atoms with van der Waals surface area (Å²) in [6.45, 7) is 0. The SMILES string of the molecule is Cn1cc(C=C2SC(=S)N(NC(=O)c3ccncc3)C2=O)c2ccccc21. The van der Waals surface area contributed by atoms with Crippen LogP contribution in [0.2, 0.25) is 0 Å². The van der Waals surface area contributed by atoms with Gasteiger partial charge in [-0.25, -0.2) is 0 Å². The maximum atomic E-state index is 12.7. The van der Waals surface area contributed by atoms with Crippen molar-refractivity contribution in [3.63, 3.8) is 0 Å². The molecule has 2 aromatic heterocycles. The lowest BCUT2D eigenvalue weighted by atomic mass is 10.1. The quantitative estimate of drug-likeness (QED) is 0.546. The number of aromatic nitrogens is 2. The van der Waals surface area contributed by atoms with Crippen LogP contribution in [-0.4, -0.2) is 30.7 Å². The Morgan fingerprint density at radius 2 is 1.96 bits per heavy atom. The molecule has 0 bridgehead atoms. The lowest BCUT2D eigenvalue weighted by Crippen LogP contribution is -2.44. The van der Waals surface area contributed by atoms with E-state index in [2.05, 4.69) is 10.4 Å². The first-order valence-electron chi connectivity index (χ1n) is 8.07. The summed E-state index contributed by atoms with van der Waals surface area (Å²) in [5, 5.41) is 2.16. The number of nitrogens with one attached hydrogen (secondary N) is 1. The average Bonchev–Trinajstić information content (AvgIpc) is 3.14. The zero-order valence-electron chi connectivity index (χ0n) is 14.2. The van der Waals surface area contributed by atoms with Gasteiger partial charge in [-0.1, -0.05) is 30.0 Å². The van der Waals surface area contributed by atoms with Crippen LogP contribution < -0.4 is 5.43 Å². The lowest BCUT2D eigenvalue weighted by molar-refractivity contribution is -0.123. The summed E-state index contributed by atoms with van der Waals surface area (Å²) in [5.74, 6) is -0.763. The molecule has 3 heterocycles. The van der Waals surface area contributed by atoms with Crippen LogP contribution in [-0.2, 0) is 11.8 Å². The molecule has 8 heteroatoms. The second-order valence-electron chi connectivity index (χ2n) is 5.91. The lowest BCUT2D eigenvalue weighted by Gasteiger charge is -2.15. The molecule has 3 aromatic rings. The Morgan fingerprint density at radius 1 is 1.22 bits per heavy atom. The molecule has 0 atom stereocenters. The van der Waals surface area contributed by atoms with Crippen molar-refractivity contribution < 1.29 is 9.59 Å². The second-order valence-corrected chi connectivity index (χ2v) is 7.58. The third kappa shape index (κ3) is 3.24. The number of amides is 2. The summed E-state index contributed by atoms with van der Waals surface area (Å²) in [6.07, 6.45) is 6.80.